The highest BCUT2D eigenvalue weighted by atomic mass is 15.0. The van der Waals surface area contributed by atoms with Gasteiger partial charge in [0, 0.05) is 41.5 Å². The first-order chi connectivity index (χ1) is 19.8. The van der Waals surface area contributed by atoms with Gasteiger partial charge in [-0.1, -0.05) is 84.9 Å². The highest BCUT2D eigenvalue weighted by Crippen LogP contribution is 2.38. The standard InChI is InChI=1S/C35H23N5/c1-2-9-24(10-3-1)30-18-17-26(21-32(30)31-16-6-12-25-11-4-5-15-29(25)31)33-38-34(27-13-7-19-36-22-27)40-35(39-33)28-14-8-20-37-23-28/h1-23H. The molecule has 3 heterocycles. The van der Waals surface area contributed by atoms with Gasteiger partial charge in [0.2, 0.25) is 0 Å². The van der Waals surface area contributed by atoms with E-state index >= 15 is 0 Å². The molecule has 40 heavy (non-hydrogen) atoms. The van der Waals surface area contributed by atoms with E-state index in [9.17, 15) is 0 Å². The summed E-state index contributed by atoms with van der Waals surface area (Å²) in [6.45, 7) is 0. The van der Waals surface area contributed by atoms with Crippen LogP contribution < -0.4 is 0 Å². The van der Waals surface area contributed by atoms with Gasteiger partial charge >= 0.3 is 0 Å². The van der Waals surface area contributed by atoms with E-state index < -0.39 is 0 Å². The number of rotatable bonds is 5. The molecule has 4 aromatic carbocycles. The van der Waals surface area contributed by atoms with Crippen LogP contribution in [-0.2, 0) is 0 Å². The fourth-order valence-electron chi connectivity index (χ4n) is 4.99. The Balaban J connectivity index is 1.47. The van der Waals surface area contributed by atoms with Crippen LogP contribution in [0.3, 0.4) is 0 Å². The predicted molar refractivity (Wildman–Crippen MR) is 160 cm³/mol. The van der Waals surface area contributed by atoms with E-state index in [-0.39, 0.29) is 0 Å². The first kappa shape index (κ1) is 23.6. The topological polar surface area (TPSA) is 64.5 Å². The second-order valence-electron chi connectivity index (χ2n) is 9.44. The van der Waals surface area contributed by atoms with E-state index in [4.69, 9.17) is 15.0 Å². The maximum absolute atomic E-state index is 4.92. The van der Waals surface area contributed by atoms with E-state index in [1.807, 2.05) is 30.3 Å². The van der Waals surface area contributed by atoms with Gasteiger partial charge in [-0.3, -0.25) is 9.97 Å². The Morgan fingerprint density at radius 1 is 0.375 bits per heavy atom. The summed E-state index contributed by atoms with van der Waals surface area (Å²) in [5.41, 5.74) is 7.13. The van der Waals surface area contributed by atoms with Crippen molar-refractivity contribution in [3.8, 4) is 56.4 Å². The van der Waals surface area contributed by atoms with Crippen molar-refractivity contribution in [2.75, 3.05) is 0 Å². The zero-order chi connectivity index (χ0) is 26.7. The molecule has 0 aliphatic carbocycles. The minimum Gasteiger partial charge on any atom is -0.264 e. The molecule has 0 aliphatic heterocycles. The summed E-state index contributed by atoms with van der Waals surface area (Å²) >= 11 is 0. The van der Waals surface area contributed by atoms with E-state index in [1.54, 1.807) is 24.8 Å². The summed E-state index contributed by atoms with van der Waals surface area (Å²) in [5, 5.41) is 2.39. The lowest BCUT2D eigenvalue weighted by atomic mass is 9.90. The van der Waals surface area contributed by atoms with Gasteiger partial charge in [-0.2, -0.15) is 0 Å². The zero-order valence-corrected chi connectivity index (χ0v) is 21.5. The number of hydrogen-bond donors (Lipinski definition) is 0. The molecule has 188 valence electrons. The molecule has 0 N–H and O–H groups in total. The Hall–Kier alpha value is -5.55. The van der Waals surface area contributed by atoms with Crippen LogP contribution in [0.15, 0.2) is 140 Å². The number of aromatic nitrogens is 5. The zero-order valence-electron chi connectivity index (χ0n) is 21.5. The molecule has 7 rings (SSSR count). The Labute approximate surface area is 231 Å². The second kappa shape index (κ2) is 10.3. The van der Waals surface area contributed by atoms with Gasteiger partial charge in [-0.15, -0.1) is 0 Å². The summed E-state index contributed by atoms with van der Waals surface area (Å²) in [6.07, 6.45) is 7.02. The molecule has 0 atom stereocenters. The van der Waals surface area contributed by atoms with Crippen LogP contribution in [0.1, 0.15) is 0 Å². The summed E-state index contributed by atoms with van der Waals surface area (Å²) < 4.78 is 0. The molecule has 0 saturated heterocycles. The van der Waals surface area contributed by atoms with Gasteiger partial charge in [0.25, 0.3) is 0 Å². The third-order valence-corrected chi connectivity index (χ3v) is 6.92. The smallest absolute Gasteiger partial charge is 0.165 e. The minimum absolute atomic E-state index is 0.566. The third-order valence-electron chi connectivity index (χ3n) is 6.92. The molecule has 0 bridgehead atoms. The molecule has 0 amide bonds. The quantitative estimate of drug-likeness (QED) is 0.232. The van der Waals surface area contributed by atoms with E-state index in [0.717, 1.165) is 38.9 Å². The number of hydrogen-bond acceptors (Lipinski definition) is 5. The molecule has 0 saturated carbocycles. The Morgan fingerprint density at radius 3 is 1.65 bits per heavy atom. The summed E-state index contributed by atoms with van der Waals surface area (Å²) in [5.74, 6) is 1.72. The molecular weight excluding hydrogens is 490 g/mol. The summed E-state index contributed by atoms with van der Waals surface area (Å²) in [7, 11) is 0. The molecule has 0 aliphatic rings. The molecular formula is C35H23N5. The van der Waals surface area contributed by atoms with Crippen molar-refractivity contribution in [1.82, 2.24) is 24.9 Å². The average molecular weight is 514 g/mol. The second-order valence-corrected chi connectivity index (χ2v) is 9.44. The van der Waals surface area contributed by atoms with Crippen molar-refractivity contribution in [1.29, 1.82) is 0 Å². The van der Waals surface area contributed by atoms with Crippen LogP contribution in [0, 0.1) is 0 Å². The maximum atomic E-state index is 4.92. The van der Waals surface area contributed by atoms with E-state index in [1.165, 1.54) is 10.8 Å². The Bertz CT molecular complexity index is 1880. The number of nitrogens with zero attached hydrogens (tertiary/aromatic N) is 5. The number of fused-ring (bicyclic) bond motifs is 1. The van der Waals surface area contributed by atoms with Gasteiger partial charge in [0.15, 0.2) is 17.5 Å². The lowest BCUT2D eigenvalue weighted by Crippen LogP contribution is -2.01. The largest absolute Gasteiger partial charge is 0.264 e. The SMILES string of the molecule is c1ccc(-c2ccc(-c3nc(-c4cccnc4)nc(-c4cccnc4)n3)cc2-c2cccc3ccccc23)cc1. The average Bonchev–Trinajstić information content (AvgIpc) is 3.05. The van der Waals surface area contributed by atoms with Crippen LogP contribution in [0.5, 0.6) is 0 Å². The fourth-order valence-corrected chi connectivity index (χ4v) is 4.99. The number of pyridine rings is 2. The highest BCUT2D eigenvalue weighted by Gasteiger charge is 2.16. The highest BCUT2D eigenvalue weighted by molar-refractivity contribution is 6.01. The van der Waals surface area contributed by atoms with Crippen molar-refractivity contribution >= 4 is 10.8 Å². The fraction of sp³-hybridized carbons (Fsp3) is 0. The van der Waals surface area contributed by atoms with Crippen molar-refractivity contribution in [3.63, 3.8) is 0 Å². The van der Waals surface area contributed by atoms with Gasteiger partial charge in [-0.25, -0.2) is 15.0 Å². The third kappa shape index (κ3) is 4.50. The Morgan fingerprint density at radius 2 is 0.975 bits per heavy atom. The Kier molecular flexibility index (Phi) is 6.07. The van der Waals surface area contributed by atoms with Crippen LogP contribution in [-0.4, -0.2) is 24.9 Å². The normalized spacial score (nSPS) is 11.0. The molecule has 0 unspecified atom stereocenters. The van der Waals surface area contributed by atoms with Crippen molar-refractivity contribution < 1.29 is 0 Å². The van der Waals surface area contributed by atoms with Gasteiger partial charge in [-0.05, 0) is 63.4 Å². The number of benzene rings is 4. The molecule has 5 heteroatoms. The first-order valence-corrected chi connectivity index (χ1v) is 13.1. The van der Waals surface area contributed by atoms with Crippen molar-refractivity contribution in [2.24, 2.45) is 0 Å². The van der Waals surface area contributed by atoms with E-state index in [0.29, 0.717) is 17.5 Å². The van der Waals surface area contributed by atoms with Crippen LogP contribution in [0.4, 0.5) is 0 Å². The molecule has 7 aromatic rings. The minimum atomic E-state index is 0.566. The van der Waals surface area contributed by atoms with Gasteiger partial charge in [0.1, 0.15) is 0 Å². The lowest BCUT2D eigenvalue weighted by molar-refractivity contribution is 1.07. The van der Waals surface area contributed by atoms with Crippen molar-refractivity contribution in [3.05, 3.63) is 140 Å². The maximum Gasteiger partial charge on any atom is 0.165 e. The molecule has 3 aromatic heterocycles. The van der Waals surface area contributed by atoms with Crippen molar-refractivity contribution in [2.45, 2.75) is 0 Å². The lowest BCUT2D eigenvalue weighted by Gasteiger charge is -2.15. The first-order valence-electron chi connectivity index (χ1n) is 13.1. The predicted octanol–water partition coefficient (Wildman–Crippen LogP) is 8.15. The molecule has 0 spiro atoms. The van der Waals surface area contributed by atoms with Gasteiger partial charge < -0.3 is 0 Å². The monoisotopic (exact) mass is 513 g/mol. The molecule has 0 radical (unpaired) electrons. The molecule has 5 nitrogen and oxygen atoms in total. The van der Waals surface area contributed by atoms with E-state index in [2.05, 4.69) is 94.9 Å². The molecule has 0 fully saturated rings. The van der Waals surface area contributed by atoms with Crippen LogP contribution in [0.2, 0.25) is 0 Å². The van der Waals surface area contributed by atoms with Gasteiger partial charge in [0.05, 0.1) is 0 Å². The summed E-state index contributed by atoms with van der Waals surface area (Å²) in [6, 6.07) is 39.5. The van der Waals surface area contributed by atoms with Crippen LogP contribution >= 0.6 is 0 Å². The summed E-state index contributed by atoms with van der Waals surface area (Å²) in [4.78, 5) is 23.2. The van der Waals surface area contributed by atoms with Crippen LogP contribution in [0.25, 0.3) is 67.2 Å².